The Labute approximate surface area is 197 Å². The number of rotatable bonds is 4. The molecule has 1 saturated heterocycles. The number of alkyl carbamates (subject to hydrolysis) is 1. The third-order valence-electron chi connectivity index (χ3n) is 5.77. The maximum absolute atomic E-state index is 14.5. The molecule has 0 aliphatic carbocycles. The van der Waals surface area contributed by atoms with E-state index in [1.807, 2.05) is 0 Å². The number of nitrogens with zero attached hydrogens (tertiary/aromatic N) is 3. The lowest BCUT2D eigenvalue weighted by Gasteiger charge is -2.40. The van der Waals surface area contributed by atoms with Gasteiger partial charge in [-0.05, 0) is 45.4 Å². The SMILES string of the molecule is CC(C)(C)OC(=O)NC1CC(N2Cc3cn(S(C)(=O)=O)nc3C2)CO[C@@H]1c1cc(F)ccc1F. The molecule has 2 aliphatic heterocycles. The minimum atomic E-state index is -3.47. The van der Waals surface area contributed by atoms with Crippen LogP contribution in [-0.2, 0) is 32.6 Å². The van der Waals surface area contributed by atoms with Crippen molar-refractivity contribution in [3.63, 3.8) is 0 Å². The van der Waals surface area contributed by atoms with Gasteiger partial charge in [0.25, 0.3) is 10.0 Å². The Kier molecular flexibility index (Phi) is 6.42. The van der Waals surface area contributed by atoms with Crippen LogP contribution in [0.1, 0.15) is 50.1 Å². The van der Waals surface area contributed by atoms with Gasteiger partial charge >= 0.3 is 6.09 Å². The molecule has 0 saturated carbocycles. The lowest BCUT2D eigenvalue weighted by atomic mass is 9.92. The number of hydrogen-bond donors (Lipinski definition) is 1. The average molecular weight is 499 g/mol. The highest BCUT2D eigenvalue weighted by molar-refractivity contribution is 7.89. The monoisotopic (exact) mass is 498 g/mol. The molecule has 9 nitrogen and oxygen atoms in total. The highest BCUT2D eigenvalue weighted by Gasteiger charge is 2.40. The third-order valence-corrected chi connectivity index (χ3v) is 6.63. The molecule has 1 aromatic heterocycles. The van der Waals surface area contributed by atoms with Crippen molar-refractivity contribution < 1.29 is 31.5 Å². The summed E-state index contributed by atoms with van der Waals surface area (Å²) in [5.41, 5.74) is 0.732. The lowest BCUT2D eigenvalue weighted by molar-refractivity contribution is -0.0629. The second-order valence-electron chi connectivity index (χ2n) is 9.70. The number of nitrogens with one attached hydrogen (secondary N) is 1. The molecule has 2 unspecified atom stereocenters. The van der Waals surface area contributed by atoms with E-state index in [2.05, 4.69) is 15.3 Å². The largest absolute Gasteiger partial charge is 0.444 e. The summed E-state index contributed by atoms with van der Waals surface area (Å²) in [6, 6.07) is 2.27. The Morgan fingerprint density at radius 3 is 2.65 bits per heavy atom. The first kappa shape index (κ1) is 24.6. The van der Waals surface area contributed by atoms with Crippen molar-refractivity contribution in [3.8, 4) is 0 Å². The Balaban J connectivity index is 1.53. The van der Waals surface area contributed by atoms with E-state index in [0.717, 1.165) is 34.1 Å². The van der Waals surface area contributed by atoms with E-state index in [-0.39, 0.29) is 18.2 Å². The highest BCUT2D eigenvalue weighted by Crippen LogP contribution is 2.35. The molecule has 0 spiro atoms. The predicted molar refractivity (Wildman–Crippen MR) is 118 cm³/mol. The van der Waals surface area contributed by atoms with E-state index in [1.165, 1.54) is 6.20 Å². The Hall–Kier alpha value is -2.57. The molecular formula is C22H28F2N4O5S. The van der Waals surface area contributed by atoms with Gasteiger partial charge in [-0.25, -0.2) is 22.0 Å². The molecule has 1 fully saturated rings. The summed E-state index contributed by atoms with van der Waals surface area (Å²) in [5, 5.41) is 6.93. The summed E-state index contributed by atoms with van der Waals surface area (Å²) < 4.78 is 64.2. The van der Waals surface area contributed by atoms with Gasteiger partial charge in [0, 0.05) is 36.5 Å². The quantitative estimate of drug-likeness (QED) is 0.692. The first-order valence-corrected chi connectivity index (χ1v) is 12.7. The fraction of sp³-hybridized carbons (Fsp3) is 0.545. The van der Waals surface area contributed by atoms with E-state index in [9.17, 15) is 22.0 Å². The maximum atomic E-state index is 14.5. The van der Waals surface area contributed by atoms with Crippen molar-refractivity contribution in [2.45, 2.75) is 64.1 Å². The van der Waals surface area contributed by atoms with Crippen molar-refractivity contribution in [1.29, 1.82) is 0 Å². The summed E-state index contributed by atoms with van der Waals surface area (Å²) in [7, 11) is -3.47. The number of aromatic nitrogens is 2. The minimum Gasteiger partial charge on any atom is -0.444 e. The molecule has 3 heterocycles. The van der Waals surface area contributed by atoms with E-state index in [1.54, 1.807) is 20.8 Å². The Bertz CT molecular complexity index is 1170. The number of benzene rings is 1. The zero-order chi connectivity index (χ0) is 24.8. The van der Waals surface area contributed by atoms with Crippen LogP contribution < -0.4 is 5.32 Å². The molecule has 2 aliphatic rings. The van der Waals surface area contributed by atoms with E-state index < -0.39 is 45.5 Å². The third kappa shape index (κ3) is 5.39. The molecule has 0 bridgehead atoms. The van der Waals surface area contributed by atoms with Crippen LogP contribution in [0.2, 0.25) is 0 Å². The number of fused-ring (bicyclic) bond motifs is 1. The average Bonchev–Trinajstić information content (AvgIpc) is 3.28. The van der Waals surface area contributed by atoms with E-state index in [4.69, 9.17) is 9.47 Å². The van der Waals surface area contributed by atoms with Gasteiger partial charge in [-0.1, -0.05) is 0 Å². The standard InChI is InChI=1S/C22H28F2N4O5S/c1-22(2,3)33-21(29)25-18-8-15(12-32-20(18)16-7-14(23)5-6-17(16)24)27-9-13-10-28(34(4,30)31)26-19(13)11-27/h5-7,10,15,18,20H,8-9,11-12H2,1-4H3,(H,25,29)/t15?,18?,20-/m1/s1. The van der Waals surface area contributed by atoms with Crippen molar-refractivity contribution in [2.75, 3.05) is 12.9 Å². The molecule has 3 atom stereocenters. The smallest absolute Gasteiger partial charge is 0.407 e. The molecule has 1 aromatic carbocycles. The highest BCUT2D eigenvalue weighted by atomic mass is 32.2. The van der Waals surface area contributed by atoms with Gasteiger partial charge in [-0.3, -0.25) is 4.90 Å². The number of carbonyl (C=O) groups is 1. The van der Waals surface area contributed by atoms with Crippen molar-refractivity contribution in [2.24, 2.45) is 0 Å². The molecule has 1 N–H and O–H groups in total. The Morgan fingerprint density at radius 2 is 2.00 bits per heavy atom. The van der Waals surface area contributed by atoms with Crippen LogP contribution in [-0.4, -0.2) is 59.1 Å². The summed E-state index contributed by atoms with van der Waals surface area (Å²) in [4.78, 5) is 14.6. The Morgan fingerprint density at radius 1 is 1.26 bits per heavy atom. The van der Waals surface area contributed by atoms with Gasteiger partial charge in [0.05, 0.1) is 24.6 Å². The molecule has 1 amide bonds. The zero-order valence-electron chi connectivity index (χ0n) is 19.4. The van der Waals surface area contributed by atoms with Crippen LogP contribution in [0.15, 0.2) is 24.4 Å². The number of amides is 1. The minimum absolute atomic E-state index is 0.0219. The van der Waals surface area contributed by atoms with Crippen LogP contribution in [0.4, 0.5) is 13.6 Å². The van der Waals surface area contributed by atoms with Gasteiger partial charge < -0.3 is 14.8 Å². The van der Waals surface area contributed by atoms with Crippen LogP contribution in [0, 0.1) is 11.6 Å². The van der Waals surface area contributed by atoms with Gasteiger partial charge in [0.1, 0.15) is 23.3 Å². The summed E-state index contributed by atoms with van der Waals surface area (Å²) in [5.74, 6) is -1.23. The molecule has 34 heavy (non-hydrogen) atoms. The number of carbonyl (C=O) groups excluding carboxylic acids is 1. The van der Waals surface area contributed by atoms with Crippen molar-refractivity contribution >= 4 is 16.1 Å². The normalized spacial score (nSPS) is 23.5. The number of ether oxygens (including phenoxy) is 2. The molecule has 2 aromatic rings. The van der Waals surface area contributed by atoms with E-state index >= 15 is 0 Å². The van der Waals surface area contributed by atoms with Crippen LogP contribution >= 0.6 is 0 Å². The van der Waals surface area contributed by atoms with Crippen molar-refractivity contribution in [1.82, 2.24) is 19.4 Å². The molecule has 4 rings (SSSR count). The molecular weight excluding hydrogens is 470 g/mol. The first-order chi connectivity index (χ1) is 15.8. The topological polar surface area (TPSA) is 103 Å². The number of hydrogen-bond acceptors (Lipinski definition) is 7. The van der Waals surface area contributed by atoms with Gasteiger partial charge in [0.2, 0.25) is 0 Å². The van der Waals surface area contributed by atoms with Crippen LogP contribution in [0.5, 0.6) is 0 Å². The van der Waals surface area contributed by atoms with Crippen LogP contribution in [0.3, 0.4) is 0 Å². The second kappa shape index (κ2) is 8.90. The molecule has 12 heteroatoms. The lowest BCUT2D eigenvalue weighted by Crippen LogP contribution is -2.52. The van der Waals surface area contributed by atoms with Gasteiger partial charge in [-0.15, -0.1) is 0 Å². The zero-order valence-corrected chi connectivity index (χ0v) is 20.2. The summed E-state index contributed by atoms with van der Waals surface area (Å²) >= 11 is 0. The number of halogens is 2. The molecule has 0 radical (unpaired) electrons. The fourth-order valence-corrected chi connectivity index (χ4v) is 4.85. The second-order valence-corrected chi connectivity index (χ2v) is 11.5. The summed E-state index contributed by atoms with van der Waals surface area (Å²) in [6.45, 7) is 6.26. The van der Waals surface area contributed by atoms with Crippen molar-refractivity contribution in [3.05, 3.63) is 52.9 Å². The first-order valence-electron chi connectivity index (χ1n) is 10.9. The summed E-state index contributed by atoms with van der Waals surface area (Å²) in [6.07, 6.45) is 1.38. The maximum Gasteiger partial charge on any atom is 0.407 e. The van der Waals surface area contributed by atoms with Gasteiger partial charge in [-0.2, -0.15) is 9.19 Å². The fourth-order valence-electron chi connectivity index (χ4n) is 4.28. The van der Waals surface area contributed by atoms with Crippen LogP contribution in [0.25, 0.3) is 0 Å². The molecule has 186 valence electrons. The van der Waals surface area contributed by atoms with Gasteiger partial charge in [0.15, 0.2) is 0 Å². The van der Waals surface area contributed by atoms with E-state index in [0.29, 0.717) is 25.2 Å². The predicted octanol–water partition coefficient (Wildman–Crippen LogP) is 2.71.